The van der Waals surface area contributed by atoms with Crippen LogP contribution in [0.2, 0.25) is 0 Å². The van der Waals surface area contributed by atoms with E-state index in [1.54, 1.807) is 0 Å². The van der Waals surface area contributed by atoms with Gasteiger partial charge in [0.2, 0.25) is 21.7 Å². The van der Waals surface area contributed by atoms with Gasteiger partial charge in [-0.2, -0.15) is 19.5 Å². The summed E-state index contributed by atoms with van der Waals surface area (Å²) in [6, 6.07) is 0. The Kier molecular flexibility index (Phi) is 5.71. The Morgan fingerprint density at radius 2 is 2.03 bits per heavy atom. The molecule has 0 radical (unpaired) electrons. The number of hydrogen-bond donors (Lipinski definition) is 1. The summed E-state index contributed by atoms with van der Waals surface area (Å²) in [6.07, 6.45) is -5.16. The molecule has 14 heteroatoms. The number of aromatic nitrogens is 2. The van der Waals surface area contributed by atoms with E-state index in [1.165, 1.54) is 17.9 Å². The maximum Gasteiger partial charge on any atom is 0.287 e. The molecule has 1 fully saturated rings. The third-order valence-corrected chi connectivity index (χ3v) is 6.72. The number of carbonyl (C=O) groups excluding carboxylic acids is 1. The van der Waals surface area contributed by atoms with E-state index in [2.05, 4.69) is 10.2 Å². The first-order chi connectivity index (χ1) is 13.5. The van der Waals surface area contributed by atoms with Crippen LogP contribution in [0.3, 0.4) is 0 Å². The first-order valence-electron chi connectivity index (χ1n) is 8.65. The summed E-state index contributed by atoms with van der Waals surface area (Å²) in [4.78, 5) is 12.6. The molecule has 162 valence electrons. The minimum atomic E-state index is -3.99. The lowest BCUT2D eigenvalue weighted by atomic mass is 9.97. The summed E-state index contributed by atoms with van der Waals surface area (Å²) in [6.45, 7) is -0.267. The molecule has 0 spiro atoms. The fraction of sp³-hybridized carbons (Fsp3) is 0.667. The number of halogens is 4. The van der Waals surface area contributed by atoms with Crippen LogP contribution in [0.15, 0.2) is 22.4 Å². The minimum Gasteiger partial charge on any atom is -0.364 e. The Morgan fingerprint density at radius 1 is 1.34 bits per heavy atom. The van der Waals surface area contributed by atoms with Gasteiger partial charge >= 0.3 is 0 Å². The Hall–Kier alpha value is -2.06. The van der Waals surface area contributed by atoms with Crippen molar-refractivity contribution in [1.82, 2.24) is 19.1 Å². The highest BCUT2D eigenvalue weighted by Crippen LogP contribution is 2.35. The van der Waals surface area contributed by atoms with Crippen LogP contribution in [-0.2, 0) is 21.9 Å². The van der Waals surface area contributed by atoms with Crippen LogP contribution < -0.4 is 0 Å². The van der Waals surface area contributed by atoms with E-state index in [9.17, 15) is 35.9 Å². The van der Waals surface area contributed by atoms with Gasteiger partial charge in [0.15, 0.2) is 0 Å². The molecule has 2 atom stereocenters. The highest BCUT2D eigenvalue weighted by Gasteiger charge is 2.54. The molecule has 0 unspecified atom stereocenters. The Balaban J connectivity index is 1.83. The van der Waals surface area contributed by atoms with E-state index in [0.29, 0.717) is 0 Å². The number of aryl methyl sites for hydroxylation is 1. The predicted molar refractivity (Wildman–Crippen MR) is 90.5 cm³/mol. The fourth-order valence-corrected chi connectivity index (χ4v) is 4.85. The molecule has 1 amide bonds. The lowest BCUT2D eigenvalue weighted by Crippen LogP contribution is -2.55. The molecule has 2 aliphatic rings. The summed E-state index contributed by atoms with van der Waals surface area (Å²) in [5.41, 5.74) is -4.22. The molecule has 29 heavy (non-hydrogen) atoms. The van der Waals surface area contributed by atoms with Crippen molar-refractivity contribution in [2.75, 3.05) is 13.1 Å². The van der Waals surface area contributed by atoms with Crippen LogP contribution >= 0.6 is 0 Å². The Labute approximate surface area is 163 Å². The monoisotopic (exact) mass is 441 g/mol. The van der Waals surface area contributed by atoms with Gasteiger partial charge in [-0.05, 0) is 12.8 Å². The SMILES string of the molecule is Cn1cc(S(=O)(=O)N2CCC[C@@H](C(=O)N3N=C(C(F)F)C[C@]3(O)C(F)F)C2)cn1. The molecule has 0 saturated carbocycles. The van der Waals surface area contributed by atoms with Crippen molar-refractivity contribution in [3.8, 4) is 0 Å². The number of rotatable bonds is 5. The molecule has 3 rings (SSSR count). The van der Waals surface area contributed by atoms with Crippen LogP contribution in [0.1, 0.15) is 19.3 Å². The lowest BCUT2D eigenvalue weighted by Gasteiger charge is -2.36. The number of alkyl halides is 4. The number of aliphatic hydroxyl groups is 1. The van der Waals surface area contributed by atoms with Gasteiger partial charge in [0, 0.05) is 32.8 Å². The average molecular weight is 441 g/mol. The second-order valence-electron chi connectivity index (χ2n) is 6.95. The van der Waals surface area contributed by atoms with E-state index in [-0.39, 0.29) is 35.8 Å². The minimum absolute atomic E-state index is 0.00990. The van der Waals surface area contributed by atoms with Crippen molar-refractivity contribution < 1.29 is 35.9 Å². The number of carbonyl (C=O) groups is 1. The first kappa shape index (κ1) is 21.6. The zero-order valence-electron chi connectivity index (χ0n) is 15.3. The Morgan fingerprint density at radius 3 is 2.59 bits per heavy atom. The molecule has 1 aromatic rings. The summed E-state index contributed by atoms with van der Waals surface area (Å²) in [5.74, 6) is -2.25. The molecule has 0 aliphatic carbocycles. The van der Waals surface area contributed by atoms with Gasteiger partial charge in [0.05, 0.1) is 12.1 Å². The van der Waals surface area contributed by atoms with E-state index in [1.807, 2.05) is 0 Å². The van der Waals surface area contributed by atoms with Crippen LogP contribution in [0, 0.1) is 5.92 Å². The van der Waals surface area contributed by atoms with Crippen LogP contribution in [0.25, 0.3) is 0 Å². The second kappa shape index (κ2) is 7.65. The zero-order chi connectivity index (χ0) is 21.6. The van der Waals surface area contributed by atoms with Crippen molar-refractivity contribution in [2.45, 2.75) is 42.7 Å². The van der Waals surface area contributed by atoms with E-state index in [4.69, 9.17) is 0 Å². The van der Waals surface area contributed by atoms with E-state index < -0.39 is 52.6 Å². The normalized spacial score (nSPS) is 26.4. The summed E-state index contributed by atoms with van der Waals surface area (Å²) in [5, 5.41) is 17.1. The van der Waals surface area contributed by atoms with Gasteiger partial charge in [-0.3, -0.25) is 9.48 Å². The third-order valence-electron chi connectivity index (χ3n) is 4.90. The van der Waals surface area contributed by atoms with Crippen molar-refractivity contribution >= 4 is 21.6 Å². The molecule has 0 aromatic carbocycles. The molecule has 0 bridgehead atoms. The summed E-state index contributed by atoms with van der Waals surface area (Å²) >= 11 is 0. The molecular weight excluding hydrogens is 422 g/mol. The fourth-order valence-electron chi connectivity index (χ4n) is 3.34. The summed E-state index contributed by atoms with van der Waals surface area (Å²) in [7, 11) is -2.46. The largest absolute Gasteiger partial charge is 0.364 e. The molecular formula is C15H19F4N5O4S. The highest BCUT2D eigenvalue weighted by molar-refractivity contribution is 7.89. The molecule has 1 aromatic heterocycles. The number of hydrazone groups is 1. The first-order valence-corrected chi connectivity index (χ1v) is 10.1. The molecule has 3 heterocycles. The van der Waals surface area contributed by atoms with Gasteiger partial charge < -0.3 is 5.11 Å². The number of hydrogen-bond acceptors (Lipinski definition) is 6. The number of amides is 1. The van der Waals surface area contributed by atoms with Crippen LogP contribution in [0.5, 0.6) is 0 Å². The van der Waals surface area contributed by atoms with Crippen LogP contribution in [-0.4, -0.2) is 75.9 Å². The van der Waals surface area contributed by atoms with Crippen molar-refractivity contribution in [2.24, 2.45) is 18.1 Å². The average Bonchev–Trinajstić information content (AvgIpc) is 3.26. The van der Waals surface area contributed by atoms with Crippen molar-refractivity contribution in [3.63, 3.8) is 0 Å². The summed E-state index contributed by atoms with van der Waals surface area (Å²) < 4.78 is 80.3. The van der Waals surface area contributed by atoms with Gasteiger partial charge in [-0.1, -0.05) is 0 Å². The van der Waals surface area contributed by atoms with E-state index in [0.717, 1.165) is 10.5 Å². The van der Waals surface area contributed by atoms with Crippen molar-refractivity contribution in [3.05, 3.63) is 12.4 Å². The molecule has 1 saturated heterocycles. The number of piperidine rings is 1. The third kappa shape index (κ3) is 3.88. The maximum absolute atomic E-state index is 13.4. The van der Waals surface area contributed by atoms with Gasteiger partial charge in [0.1, 0.15) is 10.6 Å². The maximum atomic E-state index is 13.4. The standard InChI is InChI=1S/C15H19F4N5O4S/c1-22-8-10(6-20-22)29(27,28)23-4-2-3-9(7-23)13(25)24-15(26,14(18)19)5-11(21-24)12(16)17/h6,8-9,12,14,26H,2-5,7H2,1H3/t9-,15+/m1/s1. The van der Waals surface area contributed by atoms with Crippen LogP contribution in [0.4, 0.5) is 17.6 Å². The quantitative estimate of drug-likeness (QED) is 0.675. The highest BCUT2D eigenvalue weighted by atomic mass is 32.2. The molecule has 9 nitrogen and oxygen atoms in total. The Bertz CT molecular complexity index is 922. The lowest BCUT2D eigenvalue weighted by molar-refractivity contribution is -0.195. The zero-order valence-corrected chi connectivity index (χ0v) is 16.1. The topological polar surface area (TPSA) is 108 Å². The molecule has 1 N–H and O–H groups in total. The predicted octanol–water partition coefficient (Wildman–Crippen LogP) is 0.628. The smallest absolute Gasteiger partial charge is 0.287 e. The molecule has 2 aliphatic heterocycles. The van der Waals surface area contributed by atoms with Gasteiger partial charge in [-0.15, -0.1) is 0 Å². The number of nitrogens with zero attached hydrogens (tertiary/aromatic N) is 5. The number of sulfonamides is 1. The van der Waals surface area contributed by atoms with Crippen molar-refractivity contribution in [1.29, 1.82) is 0 Å². The second-order valence-corrected chi connectivity index (χ2v) is 8.89. The van der Waals surface area contributed by atoms with Gasteiger partial charge in [-0.25, -0.2) is 26.0 Å². The van der Waals surface area contributed by atoms with E-state index >= 15 is 0 Å². The van der Waals surface area contributed by atoms with Gasteiger partial charge in [0.25, 0.3) is 12.9 Å².